The predicted molar refractivity (Wildman–Crippen MR) is 97.0 cm³/mol. The first kappa shape index (κ1) is 18.2. The standard InChI is InChI=1S/C15H19N5O2S2/c1-8-5-6-11(9(2)7-8)17-14-19-20-15(24-14)23-10(3)12(21)18-13(22)16-4/h5-7,10H,1-4H3,(H,17,19)(H2,16,18,21,22)/t10-/m0/s1. The summed E-state index contributed by atoms with van der Waals surface area (Å²) in [5.74, 6) is -0.376. The molecule has 0 radical (unpaired) electrons. The van der Waals surface area contributed by atoms with Crippen LogP contribution in [0.1, 0.15) is 18.1 Å². The van der Waals surface area contributed by atoms with Crippen molar-refractivity contribution in [1.82, 2.24) is 20.8 Å². The third-order valence-corrected chi connectivity index (χ3v) is 5.16. The van der Waals surface area contributed by atoms with Gasteiger partial charge in [0.15, 0.2) is 4.34 Å². The molecular formula is C15H19N5O2S2. The summed E-state index contributed by atoms with van der Waals surface area (Å²) in [6.45, 7) is 5.78. The lowest BCUT2D eigenvalue weighted by Crippen LogP contribution is -2.41. The molecule has 0 aliphatic rings. The number of thioether (sulfide) groups is 1. The molecule has 0 bridgehead atoms. The maximum atomic E-state index is 11.8. The Labute approximate surface area is 148 Å². The van der Waals surface area contributed by atoms with Crippen LogP contribution in [0.25, 0.3) is 0 Å². The van der Waals surface area contributed by atoms with Gasteiger partial charge >= 0.3 is 6.03 Å². The molecule has 1 heterocycles. The molecule has 3 N–H and O–H groups in total. The molecule has 0 spiro atoms. The van der Waals surface area contributed by atoms with Gasteiger partial charge in [-0.1, -0.05) is 40.8 Å². The highest BCUT2D eigenvalue weighted by atomic mass is 32.2. The number of rotatable bonds is 5. The van der Waals surface area contributed by atoms with E-state index >= 15 is 0 Å². The normalized spacial score (nSPS) is 11.7. The first-order chi connectivity index (χ1) is 11.4. The number of urea groups is 1. The molecule has 1 atom stereocenters. The first-order valence-electron chi connectivity index (χ1n) is 7.26. The first-order valence-corrected chi connectivity index (χ1v) is 8.95. The predicted octanol–water partition coefficient (Wildman–Crippen LogP) is 2.83. The van der Waals surface area contributed by atoms with E-state index in [2.05, 4.69) is 32.2 Å². The van der Waals surface area contributed by atoms with Gasteiger partial charge in [0.05, 0.1) is 5.25 Å². The lowest BCUT2D eigenvalue weighted by Gasteiger charge is -2.08. The van der Waals surface area contributed by atoms with Crippen molar-refractivity contribution < 1.29 is 9.59 Å². The fourth-order valence-electron chi connectivity index (χ4n) is 1.86. The second-order valence-electron chi connectivity index (χ2n) is 5.14. The molecule has 1 aromatic heterocycles. The maximum absolute atomic E-state index is 11.8. The number of amides is 3. The van der Waals surface area contributed by atoms with Crippen LogP contribution in [-0.2, 0) is 4.79 Å². The second-order valence-corrected chi connectivity index (χ2v) is 7.71. The summed E-state index contributed by atoms with van der Waals surface area (Å²) in [4.78, 5) is 23.0. The van der Waals surface area contributed by atoms with Gasteiger partial charge in [0.1, 0.15) is 0 Å². The highest BCUT2D eigenvalue weighted by Crippen LogP contribution is 2.31. The van der Waals surface area contributed by atoms with Crippen molar-refractivity contribution in [2.24, 2.45) is 0 Å². The van der Waals surface area contributed by atoms with E-state index < -0.39 is 11.3 Å². The quantitative estimate of drug-likeness (QED) is 0.705. The van der Waals surface area contributed by atoms with E-state index in [4.69, 9.17) is 0 Å². The van der Waals surface area contributed by atoms with Gasteiger partial charge in [-0.3, -0.25) is 10.1 Å². The molecular weight excluding hydrogens is 346 g/mol. The summed E-state index contributed by atoms with van der Waals surface area (Å²) in [7, 11) is 1.45. The highest BCUT2D eigenvalue weighted by Gasteiger charge is 2.19. The third-order valence-electron chi connectivity index (χ3n) is 3.14. The minimum Gasteiger partial charge on any atom is -0.341 e. The van der Waals surface area contributed by atoms with Gasteiger partial charge in [-0.25, -0.2) is 4.79 Å². The van der Waals surface area contributed by atoms with Crippen molar-refractivity contribution in [3.63, 3.8) is 0 Å². The number of hydrogen-bond acceptors (Lipinski definition) is 7. The van der Waals surface area contributed by atoms with E-state index in [0.29, 0.717) is 9.47 Å². The molecule has 0 unspecified atom stereocenters. The van der Waals surface area contributed by atoms with Gasteiger partial charge in [-0.15, -0.1) is 10.2 Å². The molecule has 0 saturated carbocycles. The average Bonchev–Trinajstić information content (AvgIpc) is 2.97. The molecule has 3 amide bonds. The Morgan fingerprint density at radius 1 is 1.25 bits per heavy atom. The van der Waals surface area contributed by atoms with E-state index in [0.717, 1.165) is 11.3 Å². The number of nitrogens with zero attached hydrogens (tertiary/aromatic N) is 2. The summed E-state index contributed by atoms with van der Waals surface area (Å²) < 4.78 is 0.654. The van der Waals surface area contributed by atoms with Gasteiger partial charge in [0.25, 0.3) is 0 Å². The van der Waals surface area contributed by atoms with Crippen molar-refractivity contribution in [2.45, 2.75) is 30.4 Å². The van der Waals surface area contributed by atoms with Crippen LogP contribution in [0.2, 0.25) is 0 Å². The molecule has 2 rings (SSSR count). The number of hydrogen-bond donors (Lipinski definition) is 3. The van der Waals surface area contributed by atoms with Crippen LogP contribution in [0.15, 0.2) is 22.5 Å². The Balaban J connectivity index is 1.97. The van der Waals surface area contributed by atoms with Gasteiger partial charge in [0, 0.05) is 12.7 Å². The summed E-state index contributed by atoms with van der Waals surface area (Å²) in [5.41, 5.74) is 3.29. The lowest BCUT2D eigenvalue weighted by atomic mass is 10.1. The number of aryl methyl sites for hydroxylation is 2. The molecule has 0 aliphatic carbocycles. The van der Waals surface area contributed by atoms with E-state index in [1.165, 1.54) is 35.7 Å². The number of anilines is 2. The van der Waals surface area contributed by atoms with E-state index in [1.54, 1.807) is 6.92 Å². The molecule has 0 fully saturated rings. The van der Waals surface area contributed by atoms with Crippen molar-refractivity contribution >= 4 is 45.9 Å². The number of aromatic nitrogens is 2. The van der Waals surface area contributed by atoms with E-state index in [-0.39, 0.29) is 5.91 Å². The number of carbonyl (C=O) groups excluding carboxylic acids is 2. The minimum atomic E-state index is -0.526. The van der Waals surface area contributed by atoms with Crippen LogP contribution in [0.4, 0.5) is 15.6 Å². The Morgan fingerprint density at radius 3 is 2.67 bits per heavy atom. The second kappa shape index (κ2) is 8.11. The number of imide groups is 1. The molecule has 24 heavy (non-hydrogen) atoms. The summed E-state index contributed by atoms with van der Waals surface area (Å²) in [5, 5.41) is 16.2. The summed E-state index contributed by atoms with van der Waals surface area (Å²) >= 11 is 2.62. The molecule has 2 aromatic rings. The monoisotopic (exact) mass is 365 g/mol. The Kier molecular flexibility index (Phi) is 6.16. The average molecular weight is 365 g/mol. The van der Waals surface area contributed by atoms with Crippen LogP contribution in [0, 0.1) is 13.8 Å². The van der Waals surface area contributed by atoms with Gasteiger partial charge < -0.3 is 10.6 Å². The van der Waals surface area contributed by atoms with Gasteiger partial charge in [0.2, 0.25) is 11.0 Å². The molecule has 128 valence electrons. The smallest absolute Gasteiger partial charge is 0.321 e. The zero-order valence-corrected chi connectivity index (χ0v) is 15.5. The molecule has 7 nitrogen and oxygen atoms in total. The summed E-state index contributed by atoms with van der Waals surface area (Å²) in [6.07, 6.45) is 0. The molecule has 9 heteroatoms. The zero-order chi connectivity index (χ0) is 17.7. The van der Waals surface area contributed by atoms with Crippen molar-refractivity contribution in [2.75, 3.05) is 12.4 Å². The minimum absolute atomic E-state index is 0.376. The Morgan fingerprint density at radius 2 is 2.00 bits per heavy atom. The number of benzene rings is 1. The highest BCUT2D eigenvalue weighted by molar-refractivity contribution is 8.02. The van der Waals surface area contributed by atoms with Gasteiger partial charge in [-0.2, -0.15) is 0 Å². The van der Waals surface area contributed by atoms with Crippen LogP contribution in [0.3, 0.4) is 0 Å². The van der Waals surface area contributed by atoms with Gasteiger partial charge in [-0.05, 0) is 32.4 Å². The van der Waals surface area contributed by atoms with Crippen molar-refractivity contribution in [3.05, 3.63) is 29.3 Å². The Bertz CT molecular complexity index is 747. The van der Waals surface area contributed by atoms with E-state index in [9.17, 15) is 9.59 Å². The Hall–Kier alpha value is -2.13. The fourth-order valence-corrected chi connectivity index (χ4v) is 3.77. The van der Waals surface area contributed by atoms with Crippen LogP contribution >= 0.6 is 23.1 Å². The molecule has 0 aliphatic heterocycles. The number of carbonyl (C=O) groups is 2. The van der Waals surface area contributed by atoms with E-state index in [1.807, 2.05) is 26.0 Å². The third kappa shape index (κ3) is 4.93. The largest absolute Gasteiger partial charge is 0.341 e. The zero-order valence-electron chi connectivity index (χ0n) is 13.8. The van der Waals surface area contributed by atoms with Crippen LogP contribution < -0.4 is 16.0 Å². The van der Waals surface area contributed by atoms with Crippen LogP contribution in [-0.4, -0.2) is 34.4 Å². The molecule has 1 aromatic carbocycles. The van der Waals surface area contributed by atoms with Crippen LogP contribution in [0.5, 0.6) is 0 Å². The fraction of sp³-hybridized carbons (Fsp3) is 0.333. The summed E-state index contributed by atoms with van der Waals surface area (Å²) in [6, 6.07) is 5.58. The number of nitrogens with one attached hydrogen (secondary N) is 3. The lowest BCUT2D eigenvalue weighted by molar-refractivity contribution is -0.119. The topological polar surface area (TPSA) is 96.0 Å². The molecule has 0 saturated heterocycles. The van der Waals surface area contributed by atoms with Crippen molar-refractivity contribution in [3.8, 4) is 0 Å². The maximum Gasteiger partial charge on any atom is 0.321 e. The van der Waals surface area contributed by atoms with Crippen molar-refractivity contribution in [1.29, 1.82) is 0 Å². The SMILES string of the molecule is CNC(=O)NC(=O)[C@H](C)Sc1nnc(Nc2ccc(C)cc2C)s1.